The quantitative estimate of drug-likeness (QED) is 0.298. The van der Waals surface area contributed by atoms with Gasteiger partial charge in [-0.25, -0.2) is 0 Å². The van der Waals surface area contributed by atoms with Gasteiger partial charge in [-0.2, -0.15) is 0 Å². The minimum absolute atomic E-state index is 0. The molecule has 0 amide bonds. The van der Waals surface area contributed by atoms with E-state index < -0.39 is 0 Å². The predicted molar refractivity (Wildman–Crippen MR) is 124 cm³/mol. The molecule has 2 N–H and O–H groups in total. The Kier molecular flexibility index (Phi) is 9.27. The first kappa shape index (κ1) is 21.7. The second kappa shape index (κ2) is 12.0. The standard InChI is InChI=1S/C22H24N4O.HI/c1-23-22(26-16-20-11-7-8-14-24-20)25-15-18-9-5-6-10-19(18)17-27-21-12-3-2-4-13-21;/h2-14H,15-17H2,1H3,(H2,23,25,26);1H. The summed E-state index contributed by atoms with van der Waals surface area (Å²) >= 11 is 0. The Morgan fingerprint density at radius 3 is 2.25 bits per heavy atom. The first-order valence-corrected chi connectivity index (χ1v) is 8.94. The monoisotopic (exact) mass is 488 g/mol. The number of pyridine rings is 1. The minimum atomic E-state index is 0. The highest BCUT2D eigenvalue weighted by atomic mass is 127. The van der Waals surface area contributed by atoms with Crippen LogP contribution in [0.15, 0.2) is 84.0 Å². The van der Waals surface area contributed by atoms with Crippen molar-refractivity contribution < 1.29 is 4.74 Å². The molecule has 0 unspecified atom stereocenters. The number of halogens is 1. The van der Waals surface area contributed by atoms with Gasteiger partial charge in [0, 0.05) is 19.8 Å². The van der Waals surface area contributed by atoms with Gasteiger partial charge in [-0.3, -0.25) is 9.98 Å². The molecule has 2 aromatic carbocycles. The number of hydrogen-bond donors (Lipinski definition) is 2. The topological polar surface area (TPSA) is 58.5 Å². The normalized spacial score (nSPS) is 10.7. The van der Waals surface area contributed by atoms with Crippen LogP contribution in [0.5, 0.6) is 5.75 Å². The van der Waals surface area contributed by atoms with E-state index in [2.05, 4.69) is 32.7 Å². The van der Waals surface area contributed by atoms with E-state index >= 15 is 0 Å². The van der Waals surface area contributed by atoms with Gasteiger partial charge in [0.2, 0.25) is 0 Å². The lowest BCUT2D eigenvalue weighted by molar-refractivity contribution is 0.305. The molecule has 3 aromatic rings. The molecular weight excluding hydrogens is 463 g/mol. The van der Waals surface area contributed by atoms with Gasteiger partial charge < -0.3 is 15.4 Å². The molecule has 0 aliphatic rings. The molecule has 0 radical (unpaired) electrons. The van der Waals surface area contributed by atoms with Crippen molar-refractivity contribution >= 4 is 29.9 Å². The van der Waals surface area contributed by atoms with Crippen LogP contribution in [0, 0.1) is 0 Å². The van der Waals surface area contributed by atoms with Crippen molar-refractivity contribution in [1.82, 2.24) is 15.6 Å². The van der Waals surface area contributed by atoms with E-state index in [0.29, 0.717) is 19.7 Å². The molecule has 0 fully saturated rings. The molecule has 1 heterocycles. The van der Waals surface area contributed by atoms with Crippen LogP contribution in [-0.2, 0) is 19.7 Å². The summed E-state index contributed by atoms with van der Waals surface area (Å²) in [5.41, 5.74) is 3.29. The Balaban J connectivity index is 0.00000280. The smallest absolute Gasteiger partial charge is 0.191 e. The largest absolute Gasteiger partial charge is 0.489 e. The number of benzene rings is 2. The molecule has 6 heteroatoms. The molecule has 0 aliphatic heterocycles. The number of hydrogen-bond acceptors (Lipinski definition) is 3. The number of guanidine groups is 1. The lowest BCUT2D eigenvalue weighted by Crippen LogP contribution is -2.36. The third kappa shape index (κ3) is 6.84. The highest BCUT2D eigenvalue weighted by Gasteiger charge is 2.05. The van der Waals surface area contributed by atoms with Gasteiger partial charge in [-0.15, -0.1) is 24.0 Å². The highest BCUT2D eigenvalue weighted by Crippen LogP contribution is 2.14. The van der Waals surface area contributed by atoms with Crippen LogP contribution < -0.4 is 15.4 Å². The maximum Gasteiger partial charge on any atom is 0.191 e. The van der Waals surface area contributed by atoms with Crippen molar-refractivity contribution in [2.75, 3.05) is 7.05 Å². The lowest BCUT2D eigenvalue weighted by Gasteiger charge is -2.14. The molecule has 28 heavy (non-hydrogen) atoms. The third-order valence-corrected chi connectivity index (χ3v) is 4.09. The summed E-state index contributed by atoms with van der Waals surface area (Å²) in [6.07, 6.45) is 1.79. The minimum Gasteiger partial charge on any atom is -0.489 e. The SMILES string of the molecule is CN=C(NCc1ccccn1)NCc1ccccc1COc1ccccc1.I. The van der Waals surface area contributed by atoms with Crippen LogP contribution in [0.4, 0.5) is 0 Å². The molecule has 0 saturated carbocycles. The zero-order chi connectivity index (χ0) is 18.7. The number of nitrogens with one attached hydrogen (secondary N) is 2. The Hall–Kier alpha value is -2.61. The van der Waals surface area contributed by atoms with Crippen LogP contribution in [0.25, 0.3) is 0 Å². The lowest BCUT2D eigenvalue weighted by atomic mass is 10.1. The Bertz CT molecular complexity index is 857. The zero-order valence-corrected chi connectivity index (χ0v) is 18.2. The second-order valence-corrected chi connectivity index (χ2v) is 5.97. The number of aliphatic imine (C=N–C) groups is 1. The zero-order valence-electron chi connectivity index (χ0n) is 15.8. The molecule has 0 aliphatic carbocycles. The second-order valence-electron chi connectivity index (χ2n) is 5.97. The first-order chi connectivity index (χ1) is 13.3. The fourth-order valence-corrected chi connectivity index (χ4v) is 2.63. The van der Waals surface area contributed by atoms with E-state index in [1.807, 2.05) is 60.7 Å². The first-order valence-electron chi connectivity index (χ1n) is 8.94. The maximum atomic E-state index is 5.89. The fourth-order valence-electron chi connectivity index (χ4n) is 2.63. The van der Waals surface area contributed by atoms with Crippen molar-refractivity contribution in [1.29, 1.82) is 0 Å². The van der Waals surface area contributed by atoms with Crippen molar-refractivity contribution in [2.45, 2.75) is 19.7 Å². The van der Waals surface area contributed by atoms with Crippen molar-refractivity contribution in [2.24, 2.45) is 4.99 Å². The van der Waals surface area contributed by atoms with Gasteiger partial charge in [0.25, 0.3) is 0 Å². The Labute approximate surface area is 183 Å². The average Bonchev–Trinajstić information content (AvgIpc) is 2.74. The summed E-state index contributed by atoms with van der Waals surface area (Å²) in [4.78, 5) is 8.59. The van der Waals surface area contributed by atoms with Gasteiger partial charge in [0.15, 0.2) is 5.96 Å². The van der Waals surface area contributed by atoms with Gasteiger partial charge >= 0.3 is 0 Å². The van der Waals surface area contributed by atoms with E-state index in [1.165, 1.54) is 5.56 Å². The molecular formula is C22H25IN4O. The van der Waals surface area contributed by atoms with Crippen molar-refractivity contribution in [3.05, 3.63) is 95.8 Å². The van der Waals surface area contributed by atoms with E-state index in [1.54, 1.807) is 13.2 Å². The number of para-hydroxylation sites is 1. The Morgan fingerprint density at radius 1 is 0.857 bits per heavy atom. The Morgan fingerprint density at radius 2 is 1.54 bits per heavy atom. The summed E-state index contributed by atoms with van der Waals surface area (Å²) in [6.45, 7) is 1.82. The number of nitrogens with zero attached hydrogens (tertiary/aromatic N) is 2. The molecule has 3 rings (SSSR count). The van der Waals surface area contributed by atoms with Crippen LogP contribution in [0.3, 0.4) is 0 Å². The van der Waals surface area contributed by atoms with Crippen LogP contribution >= 0.6 is 24.0 Å². The van der Waals surface area contributed by atoms with Crippen LogP contribution in [0.2, 0.25) is 0 Å². The van der Waals surface area contributed by atoms with Crippen molar-refractivity contribution in [3.63, 3.8) is 0 Å². The van der Waals surface area contributed by atoms with E-state index in [0.717, 1.165) is 23.0 Å². The summed E-state index contributed by atoms with van der Waals surface area (Å²) in [6, 6.07) is 24.0. The molecule has 0 spiro atoms. The summed E-state index contributed by atoms with van der Waals surface area (Å²) in [5.74, 6) is 1.60. The van der Waals surface area contributed by atoms with Gasteiger partial charge in [0.1, 0.15) is 12.4 Å². The van der Waals surface area contributed by atoms with E-state index in [-0.39, 0.29) is 24.0 Å². The molecule has 0 atom stereocenters. The molecule has 1 aromatic heterocycles. The fraction of sp³-hybridized carbons (Fsp3) is 0.182. The summed E-state index contributed by atoms with van der Waals surface area (Å²) < 4.78 is 5.89. The molecule has 5 nitrogen and oxygen atoms in total. The number of ether oxygens (including phenoxy) is 1. The van der Waals surface area contributed by atoms with Gasteiger partial charge in [-0.05, 0) is 35.4 Å². The van der Waals surface area contributed by atoms with E-state index in [9.17, 15) is 0 Å². The maximum absolute atomic E-state index is 5.89. The van der Waals surface area contributed by atoms with Crippen molar-refractivity contribution in [3.8, 4) is 5.75 Å². The van der Waals surface area contributed by atoms with Crippen LogP contribution in [0.1, 0.15) is 16.8 Å². The van der Waals surface area contributed by atoms with Gasteiger partial charge in [-0.1, -0.05) is 48.5 Å². The average molecular weight is 488 g/mol. The summed E-state index contributed by atoms with van der Waals surface area (Å²) in [7, 11) is 1.76. The highest BCUT2D eigenvalue weighted by molar-refractivity contribution is 14.0. The molecule has 0 saturated heterocycles. The predicted octanol–water partition coefficient (Wildman–Crippen LogP) is 4.14. The molecule has 0 bridgehead atoms. The van der Waals surface area contributed by atoms with Gasteiger partial charge in [0.05, 0.1) is 12.2 Å². The summed E-state index contributed by atoms with van der Waals surface area (Å²) in [5, 5.41) is 6.63. The third-order valence-electron chi connectivity index (χ3n) is 4.09. The number of rotatable bonds is 7. The number of aromatic nitrogens is 1. The van der Waals surface area contributed by atoms with Crippen LogP contribution in [-0.4, -0.2) is 18.0 Å². The molecule has 146 valence electrons. The van der Waals surface area contributed by atoms with E-state index in [4.69, 9.17) is 4.74 Å².